The molecule has 0 radical (unpaired) electrons. The second-order valence-electron chi connectivity index (χ2n) is 5.57. The highest BCUT2D eigenvalue weighted by molar-refractivity contribution is 5.92. The van der Waals surface area contributed by atoms with Gasteiger partial charge in [0.15, 0.2) is 0 Å². The van der Waals surface area contributed by atoms with Crippen molar-refractivity contribution in [2.75, 3.05) is 24.5 Å². The summed E-state index contributed by atoms with van der Waals surface area (Å²) in [6, 6.07) is 7.90. The minimum absolute atomic E-state index is 0.213. The predicted octanol–water partition coefficient (Wildman–Crippen LogP) is 2.19. The van der Waals surface area contributed by atoms with E-state index in [2.05, 4.69) is 20.2 Å². The summed E-state index contributed by atoms with van der Waals surface area (Å²) in [7, 11) is 0. The second-order valence-corrected chi connectivity index (χ2v) is 5.57. The van der Waals surface area contributed by atoms with Gasteiger partial charge in [0.05, 0.1) is 0 Å². The summed E-state index contributed by atoms with van der Waals surface area (Å²) in [6.07, 6.45) is 4.54. The molecule has 0 unspecified atom stereocenters. The molecule has 1 saturated heterocycles. The third kappa shape index (κ3) is 4.03. The molecule has 23 heavy (non-hydrogen) atoms. The molecular formula is C17H19FN4O. The van der Waals surface area contributed by atoms with Gasteiger partial charge >= 0.3 is 0 Å². The first-order valence-corrected chi connectivity index (χ1v) is 7.83. The van der Waals surface area contributed by atoms with Gasteiger partial charge in [0.1, 0.15) is 11.5 Å². The summed E-state index contributed by atoms with van der Waals surface area (Å²) in [4.78, 5) is 22.9. The van der Waals surface area contributed by atoms with Gasteiger partial charge in [-0.2, -0.15) is 0 Å². The van der Waals surface area contributed by atoms with Crippen molar-refractivity contribution in [1.29, 1.82) is 0 Å². The molecule has 2 heterocycles. The van der Waals surface area contributed by atoms with E-state index in [0.717, 1.165) is 31.5 Å². The molecule has 1 amide bonds. The fourth-order valence-corrected chi connectivity index (χ4v) is 2.61. The molecule has 1 aromatic heterocycles. The highest BCUT2D eigenvalue weighted by atomic mass is 19.1. The van der Waals surface area contributed by atoms with Crippen LogP contribution in [0, 0.1) is 5.82 Å². The van der Waals surface area contributed by atoms with E-state index in [1.54, 1.807) is 24.4 Å². The number of carbonyl (C=O) groups is 1. The minimum atomic E-state index is -0.256. The Morgan fingerprint density at radius 1 is 1.17 bits per heavy atom. The average Bonchev–Trinajstić information content (AvgIpc) is 3.11. The average molecular weight is 314 g/mol. The van der Waals surface area contributed by atoms with Gasteiger partial charge in [0.2, 0.25) is 5.95 Å². The molecule has 1 aromatic carbocycles. The number of anilines is 1. The van der Waals surface area contributed by atoms with E-state index < -0.39 is 0 Å². The first-order chi connectivity index (χ1) is 11.2. The molecule has 1 aliphatic heterocycles. The normalized spacial score (nSPS) is 14.0. The van der Waals surface area contributed by atoms with Crippen LogP contribution in [0.4, 0.5) is 10.3 Å². The third-order valence-electron chi connectivity index (χ3n) is 3.88. The van der Waals surface area contributed by atoms with Crippen molar-refractivity contribution in [3.63, 3.8) is 0 Å². The van der Waals surface area contributed by atoms with Crippen molar-refractivity contribution in [3.05, 3.63) is 53.6 Å². The van der Waals surface area contributed by atoms with Crippen molar-refractivity contribution in [2.45, 2.75) is 19.3 Å². The Hall–Kier alpha value is -2.50. The Balaban J connectivity index is 1.55. The zero-order chi connectivity index (χ0) is 16.1. The lowest BCUT2D eigenvalue weighted by Gasteiger charge is -2.15. The van der Waals surface area contributed by atoms with Gasteiger partial charge in [0.25, 0.3) is 5.91 Å². The van der Waals surface area contributed by atoms with Crippen LogP contribution in [0.25, 0.3) is 0 Å². The van der Waals surface area contributed by atoms with Crippen LogP contribution in [-0.2, 0) is 6.42 Å². The van der Waals surface area contributed by atoms with Crippen molar-refractivity contribution in [2.24, 2.45) is 0 Å². The molecule has 2 aromatic rings. The molecular weight excluding hydrogens is 295 g/mol. The fraction of sp³-hybridized carbons (Fsp3) is 0.353. The maximum absolute atomic E-state index is 12.8. The molecule has 0 atom stereocenters. The lowest BCUT2D eigenvalue weighted by atomic mass is 10.1. The van der Waals surface area contributed by atoms with Crippen LogP contribution in [0.1, 0.15) is 28.9 Å². The molecule has 0 aliphatic carbocycles. The molecule has 5 nitrogen and oxygen atoms in total. The zero-order valence-electron chi connectivity index (χ0n) is 12.8. The standard InChI is InChI=1S/C17H19FN4O/c18-14-5-3-13(4-6-14)7-9-19-16(23)15-8-10-20-17(21-15)22-11-1-2-12-22/h3-6,8,10H,1-2,7,9,11-12H2,(H,19,23). The Morgan fingerprint density at radius 3 is 2.65 bits per heavy atom. The molecule has 120 valence electrons. The van der Waals surface area contributed by atoms with Gasteiger partial charge in [-0.3, -0.25) is 4.79 Å². The molecule has 0 spiro atoms. The molecule has 3 rings (SSSR count). The number of amides is 1. The summed E-state index contributed by atoms with van der Waals surface area (Å²) in [5.74, 6) is 0.150. The summed E-state index contributed by atoms with van der Waals surface area (Å²) < 4.78 is 12.8. The van der Waals surface area contributed by atoms with Crippen molar-refractivity contribution in [3.8, 4) is 0 Å². The number of hydrogen-bond acceptors (Lipinski definition) is 4. The lowest BCUT2D eigenvalue weighted by Crippen LogP contribution is -2.28. The quantitative estimate of drug-likeness (QED) is 0.919. The van der Waals surface area contributed by atoms with Crippen LogP contribution >= 0.6 is 0 Å². The van der Waals surface area contributed by atoms with Gasteiger partial charge in [-0.25, -0.2) is 14.4 Å². The van der Waals surface area contributed by atoms with Crippen LogP contribution < -0.4 is 10.2 Å². The van der Waals surface area contributed by atoms with Crippen LogP contribution in [0.15, 0.2) is 36.5 Å². The SMILES string of the molecule is O=C(NCCc1ccc(F)cc1)c1ccnc(N2CCCC2)n1. The van der Waals surface area contributed by atoms with Gasteiger partial charge in [-0.15, -0.1) is 0 Å². The minimum Gasteiger partial charge on any atom is -0.350 e. The Bertz CT molecular complexity index is 669. The maximum atomic E-state index is 12.8. The summed E-state index contributed by atoms with van der Waals surface area (Å²) in [5.41, 5.74) is 1.35. The highest BCUT2D eigenvalue weighted by Gasteiger charge is 2.16. The van der Waals surface area contributed by atoms with Crippen LogP contribution in [0.3, 0.4) is 0 Å². The van der Waals surface area contributed by atoms with Crippen molar-refractivity contribution in [1.82, 2.24) is 15.3 Å². The first kappa shape index (κ1) is 15.4. The monoisotopic (exact) mass is 314 g/mol. The fourth-order valence-electron chi connectivity index (χ4n) is 2.61. The highest BCUT2D eigenvalue weighted by Crippen LogP contribution is 2.15. The smallest absolute Gasteiger partial charge is 0.270 e. The van der Waals surface area contributed by atoms with Crippen LogP contribution in [0.5, 0.6) is 0 Å². The van der Waals surface area contributed by atoms with Crippen molar-refractivity contribution < 1.29 is 9.18 Å². The third-order valence-corrected chi connectivity index (χ3v) is 3.88. The van der Waals surface area contributed by atoms with E-state index in [1.807, 2.05) is 0 Å². The number of nitrogens with zero attached hydrogens (tertiary/aromatic N) is 3. The van der Waals surface area contributed by atoms with E-state index in [0.29, 0.717) is 24.6 Å². The Morgan fingerprint density at radius 2 is 1.91 bits per heavy atom. The number of rotatable bonds is 5. The van der Waals surface area contributed by atoms with E-state index >= 15 is 0 Å². The number of hydrogen-bond donors (Lipinski definition) is 1. The second kappa shape index (κ2) is 7.17. The number of nitrogens with one attached hydrogen (secondary N) is 1. The zero-order valence-corrected chi connectivity index (χ0v) is 12.8. The maximum Gasteiger partial charge on any atom is 0.270 e. The van der Waals surface area contributed by atoms with Gasteiger partial charge in [-0.05, 0) is 43.0 Å². The molecule has 1 aliphatic rings. The topological polar surface area (TPSA) is 58.1 Å². The summed E-state index contributed by atoms with van der Waals surface area (Å²) in [6.45, 7) is 2.36. The van der Waals surface area contributed by atoms with E-state index in [-0.39, 0.29) is 11.7 Å². The number of benzene rings is 1. The molecule has 1 N–H and O–H groups in total. The van der Waals surface area contributed by atoms with Crippen molar-refractivity contribution >= 4 is 11.9 Å². The molecule has 6 heteroatoms. The van der Waals surface area contributed by atoms with Crippen LogP contribution in [0.2, 0.25) is 0 Å². The first-order valence-electron chi connectivity index (χ1n) is 7.83. The van der Waals surface area contributed by atoms with Gasteiger partial charge < -0.3 is 10.2 Å². The van der Waals surface area contributed by atoms with E-state index in [9.17, 15) is 9.18 Å². The molecule has 0 saturated carbocycles. The summed E-state index contributed by atoms with van der Waals surface area (Å²) in [5, 5.41) is 2.84. The Kier molecular flexibility index (Phi) is 4.80. The van der Waals surface area contributed by atoms with Gasteiger partial charge in [0, 0.05) is 25.8 Å². The number of halogens is 1. The van der Waals surface area contributed by atoms with Gasteiger partial charge in [-0.1, -0.05) is 12.1 Å². The largest absolute Gasteiger partial charge is 0.350 e. The number of aromatic nitrogens is 2. The molecule has 1 fully saturated rings. The lowest BCUT2D eigenvalue weighted by molar-refractivity contribution is 0.0949. The summed E-state index contributed by atoms with van der Waals surface area (Å²) >= 11 is 0. The van der Waals surface area contributed by atoms with E-state index in [1.165, 1.54) is 12.1 Å². The van der Waals surface area contributed by atoms with Crippen LogP contribution in [-0.4, -0.2) is 35.5 Å². The Labute approximate surface area is 134 Å². The number of carbonyl (C=O) groups excluding carboxylic acids is 1. The molecule has 0 bridgehead atoms. The predicted molar refractivity (Wildman–Crippen MR) is 85.9 cm³/mol. The van der Waals surface area contributed by atoms with E-state index in [4.69, 9.17) is 0 Å².